The van der Waals surface area contributed by atoms with Gasteiger partial charge in [-0.1, -0.05) is 6.07 Å². The van der Waals surface area contributed by atoms with Gasteiger partial charge in [-0.2, -0.15) is 0 Å². The van der Waals surface area contributed by atoms with E-state index in [0.29, 0.717) is 29.8 Å². The number of benzene rings is 3. The van der Waals surface area contributed by atoms with Gasteiger partial charge in [0.25, 0.3) is 5.91 Å². The van der Waals surface area contributed by atoms with Crippen LogP contribution in [0.2, 0.25) is 0 Å². The van der Waals surface area contributed by atoms with E-state index in [0.717, 1.165) is 6.42 Å². The molecule has 1 saturated heterocycles. The number of hydrogen-bond donors (Lipinski definition) is 1. The number of anilines is 1. The molecule has 0 radical (unpaired) electrons. The van der Waals surface area contributed by atoms with Crippen LogP contribution in [0.4, 0.5) is 10.1 Å². The van der Waals surface area contributed by atoms with E-state index in [1.54, 1.807) is 18.2 Å². The summed E-state index contributed by atoms with van der Waals surface area (Å²) in [5.41, 5.74) is 1.48. The van der Waals surface area contributed by atoms with E-state index >= 15 is 0 Å². The van der Waals surface area contributed by atoms with Crippen LogP contribution in [-0.4, -0.2) is 30.4 Å². The first kappa shape index (κ1) is 21.4. The van der Waals surface area contributed by atoms with Gasteiger partial charge in [0.2, 0.25) is 0 Å². The number of ether oxygens (including phenoxy) is 2. The van der Waals surface area contributed by atoms with Gasteiger partial charge in [0, 0.05) is 23.4 Å². The van der Waals surface area contributed by atoms with Crippen molar-refractivity contribution < 1.29 is 28.2 Å². The Morgan fingerprint density at radius 1 is 0.906 bits per heavy atom. The van der Waals surface area contributed by atoms with Crippen molar-refractivity contribution in [3.05, 3.63) is 95.3 Å². The van der Waals surface area contributed by atoms with E-state index in [9.17, 15) is 18.8 Å². The number of amides is 1. The molecular formula is C25H20FNO5. The molecule has 1 heterocycles. The van der Waals surface area contributed by atoms with Crippen molar-refractivity contribution in [3.8, 4) is 5.75 Å². The average Bonchev–Trinajstić information content (AvgIpc) is 3.35. The van der Waals surface area contributed by atoms with Crippen molar-refractivity contribution in [2.24, 2.45) is 0 Å². The third-order valence-electron chi connectivity index (χ3n) is 5.02. The second kappa shape index (κ2) is 9.53. The molecule has 1 unspecified atom stereocenters. The Bertz CT molecular complexity index is 1140. The number of hydrogen-bond acceptors (Lipinski definition) is 5. The van der Waals surface area contributed by atoms with E-state index in [2.05, 4.69) is 5.32 Å². The summed E-state index contributed by atoms with van der Waals surface area (Å²) in [6.07, 6.45) is 1.05. The second-order valence-corrected chi connectivity index (χ2v) is 7.32. The highest BCUT2D eigenvalue weighted by molar-refractivity contribution is 6.09. The van der Waals surface area contributed by atoms with Gasteiger partial charge in [0.1, 0.15) is 17.7 Å². The van der Waals surface area contributed by atoms with Crippen molar-refractivity contribution in [2.45, 2.75) is 18.9 Å². The lowest BCUT2D eigenvalue weighted by atomic mass is 10.0. The molecule has 3 aromatic rings. The van der Waals surface area contributed by atoms with E-state index < -0.39 is 17.9 Å². The lowest BCUT2D eigenvalue weighted by molar-refractivity contribution is -0.124. The lowest BCUT2D eigenvalue weighted by Gasteiger charge is -2.11. The average molecular weight is 433 g/mol. The van der Waals surface area contributed by atoms with Gasteiger partial charge < -0.3 is 14.8 Å². The van der Waals surface area contributed by atoms with Crippen LogP contribution in [0.5, 0.6) is 5.75 Å². The van der Waals surface area contributed by atoms with Crippen molar-refractivity contribution in [2.75, 3.05) is 11.9 Å². The highest BCUT2D eigenvalue weighted by Gasteiger charge is 2.23. The minimum absolute atomic E-state index is 0.241. The molecule has 3 aromatic carbocycles. The third-order valence-corrected chi connectivity index (χ3v) is 5.02. The smallest absolute Gasteiger partial charge is 0.343 e. The Labute approximate surface area is 184 Å². The topological polar surface area (TPSA) is 81.7 Å². The summed E-state index contributed by atoms with van der Waals surface area (Å²) in [4.78, 5) is 37.2. The fourth-order valence-corrected chi connectivity index (χ4v) is 3.34. The van der Waals surface area contributed by atoms with Crippen LogP contribution in [0.3, 0.4) is 0 Å². The zero-order valence-corrected chi connectivity index (χ0v) is 17.0. The van der Waals surface area contributed by atoms with Crippen molar-refractivity contribution >= 4 is 23.3 Å². The van der Waals surface area contributed by atoms with Crippen LogP contribution >= 0.6 is 0 Å². The zero-order valence-electron chi connectivity index (χ0n) is 17.0. The molecule has 0 bridgehead atoms. The predicted octanol–water partition coefficient (Wildman–Crippen LogP) is 4.39. The van der Waals surface area contributed by atoms with E-state index in [1.807, 2.05) is 0 Å². The van der Waals surface area contributed by atoms with Gasteiger partial charge in [0.15, 0.2) is 5.78 Å². The van der Waals surface area contributed by atoms with Crippen molar-refractivity contribution in [3.63, 3.8) is 0 Å². The monoisotopic (exact) mass is 433 g/mol. The van der Waals surface area contributed by atoms with Crippen LogP contribution < -0.4 is 10.1 Å². The summed E-state index contributed by atoms with van der Waals surface area (Å²) < 4.78 is 23.8. The number of esters is 1. The van der Waals surface area contributed by atoms with Gasteiger partial charge in [-0.05, 0) is 79.6 Å². The van der Waals surface area contributed by atoms with Gasteiger partial charge in [-0.15, -0.1) is 0 Å². The number of carbonyl (C=O) groups excluding carboxylic acids is 3. The molecule has 1 fully saturated rings. The van der Waals surface area contributed by atoms with E-state index in [-0.39, 0.29) is 23.0 Å². The fourth-order valence-electron chi connectivity index (χ4n) is 3.34. The minimum atomic E-state index is -0.601. The number of halogens is 1. The SMILES string of the molecule is O=C(Oc1ccc(C(=O)c2ccc(F)cc2)cc1)c1cccc(NC(=O)C2CCCO2)c1. The van der Waals surface area contributed by atoms with E-state index in [1.165, 1.54) is 54.6 Å². The molecule has 0 spiro atoms. The molecule has 162 valence electrons. The molecule has 0 saturated carbocycles. The van der Waals surface area contributed by atoms with Crippen LogP contribution in [0, 0.1) is 5.82 Å². The fraction of sp³-hybridized carbons (Fsp3) is 0.160. The van der Waals surface area contributed by atoms with Crippen LogP contribution in [0.1, 0.15) is 39.1 Å². The first-order chi connectivity index (χ1) is 15.5. The van der Waals surface area contributed by atoms with Crippen LogP contribution in [0.15, 0.2) is 72.8 Å². The summed E-state index contributed by atoms with van der Waals surface area (Å²) in [7, 11) is 0. The molecule has 1 aliphatic heterocycles. The maximum absolute atomic E-state index is 13.0. The molecule has 1 amide bonds. The number of nitrogens with one attached hydrogen (secondary N) is 1. The van der Waals surface area contributed by atoms with Crippen LogP contribution in [0.25, 0.3) is 0 Å². The lowest BCUT2D eigenvalue weighted by Crippen LogP contribution is -2.26. The molecular weight excluding hydrogens is 413 g/mol. The first-order valence-corrected chi connectivity index (χ1v) is 10.1. The summed E-state index contributed by atoms with van der Waals surface area (Å²) in [6.45, 7) is 0.568. The Morgan fingerprint density at radius 3 is 2.25 bits per heavy atom. The Kier molecular flexibility index (Phi) is 6.37. The maximum Gasteiger partial charge on any atom is 0.343 e. The quantitative estimate of drug-likeness (QED) is 0.354. The molecule has 0 aliphatic carbocycles. The Balaban J connectivity index is 1.40. The normalized spacial score (nSPS) is 15.2. The van der Waals surface area contributed by atoms with Crippen molar-refractivity contribution in [1.29, 1.82) is 0 Å². The molecule has 4 rings (SSSR count). The standard InChI is InChI=1S/C25H20FNO5/c26-19-10-6-16(7-11-19)23(28)17-8-12-21(13-9-17)32-25(30)18-3-1-4-20(15-18)27-24(29)22-5-2-14-31-22/h1,3-4,6-13,15,22H,2,5,14H2,(H,27,29). The number of carbonyl (C=O) groups is 3. The van der Waals surface area contributed by atoms with Gasteiger partial charge >= 0.3 is 5.97 Å². The van der Waals surface area contributed by atoms with Crippen molar-refractivity contribution in [1.82, 2.24) is 0 Å². The van der Waals surface area contributed by atoms with Gasteiger partial charge in [-0.3, -0.25) is 9.59 Å². The molecule has 0 aromatic heterocycles. The third kappa shape index (κ3) is 5.07. The Hall–Kier alpha value is -3.84. The summed E-state index contributed by atoms with van der Waals surface area (Å²) in [5, 5.41) is 2.75. The summed E-state index contributed by atoms with van der Waals surface area (Å²) >= 11 is 0. The molecule has 1 N–H and O–H groups in total. The predicted molar refractivity (Wildman–Crippen MR) is 115 cm³/mol. The van der Waals surface area contributed by atoms with Crippen LogP contribution in [-0.2, 0) is 9.53 Å². The minimum Gasteiger partial charge on any atom is -0.423 e. The second-order valence-electron chi connectivity index (χ2n) is 7.32. The number of ketones is 1. The summed E-state index contributed by atoms with van der Waals surface area (Å²) in [5.74, 6) is -1.26. The van der Waals surface area contributed by atoms with Gasteiger partial charge in [0.05, 0.1) is 5.56 Å². The maximum atomic E-state index is 13.0. The highest BCUT2D eigenvalue weighted by atomic mass is 19.1. The first-order valence-electron chi connectivity index (χ1n) is 10.1. The highest BCUT2D eigenvalue weighted by Crippen LogP contribution is 2.20. The number of rotatable bonds is 6. The molecule has 1 aliphatic rings. The van der Waals surface area contributed by atoms with Gasteiger partial charge in [-0.25, -0.2) is 9.18 Å². The molecule has 1 atom stereocenters. The van der Waals surface area contributed by atoms with E-state index in [4.69, 9.17) is 9.47 Å². The molecule has 32 heavy (non-hydrogen) atoms. The Morgan fingerprint density at radius 2 is 1.59 bits per heavy atom. The molecule has 7 heteroatoms. The summed E-state index contributed by atoms with van der Waals surface area (Å²) in [6, 6.07) is 17.8. The zero-order chi connectivity index (χ0) is 22.5. The molecule has 6 nitrogen and oxygen atoms in total. The largest absolute Gasteiger partial charge is 0.423 e.